The van der Waals surface area contributed by atoms with Gasteiger partial charge < -0.3 is 4.18 Å². The van der Waals surface area contributed by atoms with Crippen molar-refractivity contribution in [1.29, 1.82) is 0 Å². The fourth-order valence-electron chi connectivity index (χ4n) is 2.25. The van der Waals surface area contributed by atoms with Crippen LogP contribution in [-0.4, -0.2) is 19.0 Å². The Balaban J connectivity index is 1.73. The molecule has 0 fully saturated rings. The van der Waals surface area contributed by atoms with Crippen molar-refractivity contribution in [3.05, 3.63) is 70.9 Å². The number of carbonyl (C=O) groups is 1. The average Bonchev–Trinajstić information content (AvgIpc) is 3.21. The number of amides is 1. The van der Waals surface area contributed by atoms with Crippen molar-refractivity contribution in [2.75, 3.05) is 5.43 Å². The monoisotopic (exact) mass is 376 g/mol. The van der Waals surface area contributed by atoms with Gasteiger partial charge in [-0.1, -0.05) is 6.07 Å². The van der Waals surface area contributed by atoms with Gasteiger partial charge >= 0.3 is 10.1 Å². The van der Waals surface area contributed by atoms with Crippen LogP contribution in [0.25, 0.3) is 0 Å². The van der Waals surface area contributed by atoms with Crippen molar-refractivity contribution >= 4 is 27.4 Å². The minimum absolute atomic E-state index is 0.132. The van der Waals surface area contributed by atoms with Gasteiger partial charge in [-0.2, -0.15) is 8.42 Å². The van der Waals surface area contributed by atoms with E-state index in [9.17, 15) is 13.2 Å². The molecule has 130 valence electrons. The number of aryl methyl sites for hydroxylation is 2. The number of benzene rings is 1. The molecule has 0 aliphatic heterocycles. The second-order valence-electron chi connectivity index (χ2n) is 5.39. The molecule has 0 unspecified atom stereocenters. The van der Waals surface area contributed by atoms with Crippen LogP contribution < -0.4 is 9.61 Å². The number of rotatable bonds is 5. The van der Waals surface area contributed by atoms with Gasteiger partial charge in [0, 0.05) is 17.0 Å². The Kier molecular flexibility index (Phi) is 4.65. The van der Waals surface area contributed by atoms with Gasteiger partial charge in [-0.05, 0) is 61.7 Å². The van der Waals surface area contributed by atoms with Gasteiger partial charge in [0.15, 0.2) is 4.21 Å². The maximum absolute atomic E-state index is 12.3. The van der Waals surface area contributed by atoms with Crippen LogP contribution in [0.4, 0.5) is 0 Å². The summed E-state index contributed by atoms with van der Waals surface area (Å²) in [6.07, 6.45) is 0. The maximum Gasteiger partial charge on any atom is 0.348 e. The summed E-state index contributed by atoms with van der Waals surface area (Å²) in [5, 5.41) is 1.66. The van der Waals surface area contributed by atoms with Crippen molar-refractivity contribution < 1.29 is 17.4 Å². The summed E-state index contributed by atoms with van der Waals surface area (Å²) in [7, 11) is -3.84. The predicted octanol–water partition coefficient (Wildman–Crippen LogP) is 3.32. The lowest BCUT2D eigenvalue weighted by molar-refractivity contribution is 0.101. The molecule has 0 saturated heterocycles. The van der Waals surface area contributed by atoms with E-state index in [4.69, 9.17) is 4.18 Å². The summed E-state index contributed by atoms with van der Waals surface area (Å²) in [6.45, 7) is 3.78. The molecular formula is C17H16N2O4S2. The standard InChI is InChI=1S/C17H16N2O4S2/c1-12-5-6-13(2)19(12)18-17(20)14-7-9-15(10-8-14)23-25(21,22)16-4-3-11-24-16/h3-11H,1-2H3,(H,18,20). The van der Waals surface area contributed by atoms with Crippen LogP contribution in [0.5, 0.6) is 5.75 Å². The summed E-state index contributed by atoms with van der Waals surface area (Å²) in [5.74, 6) is -0.145. The molecule has 0 bridgehead atoms. The van der Waals surface area contributed by atoms with Crippen LogP contribution in [0.2, 0.25) is 0 Å². The normalized spacial score (nSPS) is 11.3. The zero-order valence-electron chi connectivity index (χ0n) is 13.6. The van der Waals surface area contributed by atoms with Gasteiger partial charge in [0.05, 0.1) is 0 Å². The van der Waals surface area contributed by atoms with Gasteiger partial charge in [0.25, 0.3) is 5.91 Å². The van der Waals surface area contributed by atoms with Gasteiger partial charge in [0.2, 0.25) is 0 Å². The fraction of sp³-hybridized carbons (Fsp3) is 0.118. The summed E-state index contributed by atoms with van der Waals surface area (Å²) in [5.41, 5.74) is 5.00. The topological polar surface area (TPSA) is 77.4 Å². The van der Waals surface area contributed by atoms with Crippen molar-refractivity contribution in [2.24, 2.45) is 0 Å². The Bertz CT molecular complexity index is 968. The van der Waals surface area contributed by atoms with Gasteiger partial charge in [-0.3, -0.25) is 14.9 Å². The highest BCUT2D eigenvalue weighted by Crippen LogP contribution is 2.22. The zero-order chi connectivity index (χ0) is 18.0. The van der Waals surface area contributed by atoms with Crippen molar-refractivity contribution in [3.63, 3.8) is 0 Å². The van der Waals surface area contributed by atoms with E-state index in [0.717, 1.165) is 22.7 Å². The minimum Gasteiger partial charge on any atom is -0.378 e. The number of thiophene rings is 1. The van der Waals surface area contributed by atoms with E-state index < -0.39 is 10.1 Å². The average molecular weight is 376 g/mol. The number of hydrogen-bond donors (Lipinski definition) is 1. The lowest BCUT2D eigenvalue weighted by Gasteiger charge is -2.11. The second kappa shape index (κ2) is 6.73. The van der Waals surface area contributed by atoms with Crippen LogP contribution >= 0.6 is 11.3 Å². The molecule has 3 aromatic rings. The van der Waals surface area contributed by atoms with E-state index in [2.05, 4.69) is 5.43 Å². The summed E-state index contributed by atoms with van der Waals surface area (Å²) < 4.78 is 31.0. The molecule has 0 spiro atoms. The Labute approximate surface area is 149 Å². The first-order valence-electron chi connectivity index (χ1n) is 7.41. The molecule has 3 rings (SSSR count). The first kappa shape index (κ1) is 17.2. The molecule has 6 nitrogen and oxygen atoms in total. The molecule has 8 heteroatoms. The number of carbonyl (C=O) groups excluding carboxylic acids is 1. The highest BCUT2D eigenvalue weighted by molar-refractivity contribution is 7.89. The van der Waals surface area contributed by atoms with Crippen molar-refractivity contribution in [1.82, 2.24) is 4.68 Å². The van der Waals surface area contributed by atoms with Crippen LogP contribution in [0, 0.1) is 13.8 Å². The van der Waals surface area contributed by atoms with E-state index in [-0.39, 0.29) is 15.9 Å². The van der Waals surface area contributed by atoms with Crippen molar-refractivity contribution in [2.45, 2.75) is 18.1 Å². The first-order valence-corrected chi connectivity index (χ1v) is 9.70. The van der Waals surface area contributed by atoms with Crippen molar-refractivity contribution in [3.8, 4) is 5.75 Å². The van der Waals surface area contributed by atoms with Crippen LogP contribution in [0.3, 0.4) is 0 Å². The van der Waals surface area contributed by atoms with E-state index in [1.165, 1.54) is 30.3 Å². The Hall–Kier alpha value is -2.58. The van der Waals surface area contributed by atoms with E-state index in [0.29, 0.717) is 5.56 Å². The van der Waals surface area contributed by atoms with Crippen LogP contribution in [0.1, 0.15) is 21.7 Å². The van der Waals surface area contributed by atoms with E-state index >= 15 is 0 Å². The molecule has 0 saturated carbocycles. The number of nitrogens with one attached hydrogen (secondary N) is 1. The molecule has 0 aliphatic rings. The quantitative estimate of drug-likeness (QED) is 0.693. The Morgan fingerprint density at radius 3 is 2.24 bits per heavy atom. The fourth-order valence-corrected chi connectivity index (χ4v) is 4.13. The van der Waals surface area contributed by atoms with E-state index in [1.807, 2.05) is 26.0 Å². The zero-order valence-corrected chi connectivity index (χ0v) is 15.2. The first-order chi connectivity index (χ1) is 11.9. The summed E-state index contributed by atoms with van der Waals surface area (Å²) in [4.78, 5) is 12.3. The number of nitrogens with zero attached hydrogens (tertiary/aromatic N) is 1. The number of aromatic nitrogens is 1. The molecule has 0 radical (unpaired) electrons. The molecule has 25 heavy (non-hydrogen) atoms. The molecule has 2 aromatic heterocycles. The highest BCUT2D eigenvalue weighted by Gasteiger charge is 2.18. The highest BCUT2D eigenvalue weighted by atomic mass is 32.3. The largest absolute Gasteiger partial charge is 0.378 e. The molecule has 2 heterocycles. The lowest BCUT2D eigenvalue weighted by atomic mass is 10.2. The predicted molar refractivity (Wildman–Crippen MR) is 96.2 cm³/mol. The Morgan fingerprint density at radius 2 is 1.68 bits per heavy atom. The molecule has 0 atom stereocenters. The third-order valence-corrected chi connectivity index (χ3v) is 6.15. The van der Waals surface area contributed by atoms with Crippen LogP contribution in [-0.2, 0) is 10.1 Å². The second-order valence-corrected chi connectivity index (χ2v) is 8.11. The molecule has 0 aliphatic carbocycles. The maximum atomic E-state index is 12.3. The lowest BCUT2D eigenvalue weighted by Crippen LogP contribution is -2.24. The van der Waals surface area contributed by atoms with Gasteiger partial charge in [-0.25, -0.2) is 0 Å². The Morgan fingerprint density at radius 1 is 1.04 bits per heavy atom. The SMILES string of the molecule is Cc1ccc(C)n1NC(=O)c1ccc(OS(=O)(=O)c2cccs2)cc1. The number of hydrogen-bond acceptors (Lipinski definition) is 5. The van der Waals surface area contributed by atoms with Gasteiger partial charge in [-0.15, -0.1) is 11.3 Å². The molecule has 1 aromatic carbocycles. The summed E-state index contributed by atoms with van der Waals surface area (Å²) >= 11 is 1.08. The third kappa shape index (κ3) is 3.75. The van der Waals surface area contributed by atoms with Crippen LogP contribution in [0.15, 0.2) is 58.1 Å². The van der Waals surface area contributed by atoms with E-state index in [1.54, 1.807) is 16.1 Å². The molecule has 1 N–H and O–H groups in total. The third-order valence-electron chi connectivity index (χ3n) is 3.55. The summed E-state index contributed by atoms with van der Waals surface area (Å²) in [6, 6.07) is 12.9. The molecular weight excluding hydrogens is 360 g/mol. The van der Waals surface area contributed by atoms with Gasteiger partial charge in [0.1, 0.15) is 5.75 Å². The smallest absolute Gasteiger partial charge is 0.348 e. The molecule has 1 amide bonds. The minimum atomic E-state index is -3.84.